The number of aliphatic carboxylic acids is 1. The highest BCUT2D eigenvalue weighted by molar-refractivity contribution is 5.78. The zero-order valence-corrected chi connectivity index (χ0v) is 19.9. The second-order valence-electron chi connectivity index (χ2n) is 8.63. The Hall–Kier alpha value is -3.96. The summed E-state index contributed by atoms with van der Waals surface area (Å²) in [6.45, 7) is 5.52. The van der Waals surface area contributed by atoms with E-state index in [2.05, 4.69) is 54.6 Å². The number of rotatable bonds is 11. The van der Waals surface area contributed by atoms with Crippen LogP contribution in [0.5, 0.6) is 0 Å². The second kappa shape index (κ2) is 11.2. The van der Waals surface area contributed by atoms with Crippen molar-refractivity contribution in [1.29, 1.82) is 0 Å². The number of carboxylic acid groups (broad SMARTS) is 1. The average Bonchev–Trinajstić information content (AvgIpc) is 3.60. The van der Waals surface area contributed by atoms with Gasteiger partial charge >= 0.3 is 5.97 Å². The maximum atomic E-state index is 10.5. The first kappa shape index (κ1) is 23.8. The van der Waals surface area contributed by atoms with Crippen molar-refractivity contribution in [2.24, 2.45) is 0 Å². The number of aromatic nitrogens is 4. The highest BCUT2D eigenvalue weighted by atomic mass is 16.5. The van der Waals surface area contributed by atoms with Gasteiger partial charge in [-0.3, -0.25) is 9.30 Å². The molecule has 4 heterocycles. The SMILES string of the molecule is O=C(O)COCCCN1CCN(c2ccc(-c3cnc(NCc4ccco4)n4cnnc34)cc2)CC1. The van der Waals surface area contributed by atoms with E-state index >= 15 is 0 Å². The predicted molar refractivity (Wildman–Crippen MR) is 134 cm³/mol. The van der Waals surface area contributed by atoms with E-state index in [-0.39, 0.29) is 6.61 Å². The molecular weight excluding hydrogens is 462 g/mol. The van der Waals surface area contributed by atoms with Gasteiger partial charge in [0.2, 0.25) is 5.95 Å². The van der Waals surface area contributed by atoms with Gasteiger partial charge in [0.15, 0.2) is 5.65 Å². The number of fused-ring (bicyclic) bond motifs is 1. The van der Waals surface area contributed by atoms with Crippen LogP contribution in [-0.4, -0.2) is 81.5 Å². The van der Waals surface area contributed by atoms with Gasteiger partial charge in [0.05, 0.1) is 12.8 Å². The van der Waals surface area contributed by atoms with Crippen LogP contribution < -0.4 is 10.2 Å². The Morgan fingerprint density at radius 2 is 1.97 bits per heavy atom. The third-order valence-electron chi connectivity index (χ3n) is 6.24. The first-order valence-electron chi connectivity index (χ1n) is 12.0. The van der Waals surface area contributed by atoms with E-state index in [0.29, 0.717) is 19.1 Å². The molecule has 2 N–H and O–H groups in total. The summed E-state index contributed by atoms with van der Waals surface area (Å²) in [6.07, 6.45) is 5.96. The van der Waals surface area contributed by atoms with E-state index in [0.717, 1.165) is 61.7 Å². The van der Waals surface area contributed by atoms with Crippen molar-refractivity contribution in [3.63, 3.8) is 0 Å². The van der Waals surface area contributed by atoms with Crippen molar-refractivity contribution in [1.82, 2.24) is 24.5 Å². The molecule has 5 rings (SSSR count). The standard InChI is InChI=1S/C25H29N7O4/c33-23(34)17-35-13-2-8-30-9-11-31(12-10-30)20-6-4-19(5-7-20)22-16-27-25(32-18-28-29-24(22)32)26-15-21-3-1-14-36-21/h1,3-7,14,16,18H,2,8-13,15,17H2,(H,26,27)(H,33,34). The van der Waals surface area contributed by atoms with E-state index in [1.807, 2.05) is 22.7 Å². The van der Waals surface area contributed by atoms with Crippen LogP contribution in [0, 0.1) is 0 Å². The Morgan fingerprint density at radius 1 is 1.14 bits per heavy atom. The van der Waals surface area contributed by atoms with Gasteiger partial charge in [-0.25, -0.2) is 9.78 Å². The molecule has 0 bridgehead atoms. The summed E-state index contributed by atoms with van der Waals surface area (Å²) in [7, 11) is 0. The molecule has 3 aromatic heterocycles. The van der Waals surface area contributed by atoms with Gasteiger partial charge in [-0.1, -0.05) is 12.1 Å². The molecule has 0 unspecified atom stereocenters. The quantitative estimate of drug-likeness (QED) is 0.303. The molecular formula is C25H29N7O4. The lowest BCUT2D eigenvalue weighted by molar-refractivity contribution is -0.142. The minimum atomic E-state index is -0.924. The normalized spacial score (nSPS) is 14.4. The molecule has 4 aromatic rings. The van der Waals surface area contributed by atoms with Crippen LogP contribution in [-0.2, 0) is 16.1 Å². The number of nitrogens with zero attached hydrogens (tertiary/aromatic N) is 6. The molecule has 1 aliphatic rings. The lowest BCUT2D eigenvalue weighted by atomic mass is 10.1. The fourth-order valence-electron chi connectivity index (χ4n) is 4.36. The van der Waals surface area contributed by atoms with Gasteiger partial charge < -0.3 is 24.5 Å². The summed E-state index contributed by atoms with van der Waals surface area (Å²) >= 11 is 0. The van der Waals surface area contributed by atoms with Gasteiger partial charge in [-0.15, -0.1) is 10.2 Å². The molecule has 1 saturated heterocycles. The van der Waals surface area contributed by atoms with E-state index in [4.69, 9.17) is 14.3 Å². The number of furan rings is 1. The summed E-state index contributed by atoms with van der Waals surface area (Å²) in [5.41, 5.74) is 3.87. The van der Waals surface area contributed by atoms with Crippen LogP contribution in [0.25, 0.3) is 16.8 Å². The monoisotopic (exact) mass is 491 g/mol. The molecule has 0 radical (unpaired) electrons. The first-order valence-corrected chi connectivity index (χ1v) is 12.0. The van der Waals surface area contributed by atoms with Gasteiger partial charge in [-0.2, -0.15) is 0 Å². The topological polar surface area (TPSA) is 121 Å². The minimum absolute atomic E-state index is 0.227. The summed E-state index contributed by atoms with van der Waals surface area (Å²) in [4.78, 5) is 19.9. The van der Waals surface area contributed by atoms with Crippen molar-refractivity contribution < 1.29 is 19.1 Å². The number of piperazine rings is 1. The predicted octanol–water partition coefficient (Wildman–Crippen LogP) is 2.61. The zero-order valence-electron chi connectivity index (χ0n) is 19.9. The lowest BCUT2D eigenvalue weighted by Gasteiger charge is -2.36. The van der Waals surface area contributed by atoms with Crippen LogP contribution in [0.4, 0.5) is 11.6 Å². The molecule has 11 nitrogen and oxygen atoms in total. The Balaban J connectivity index is 1.18. The molecule has 0 amide bonds. The Bertz CT molecular complexity index is 1270. The van der Waals surface area contributed by atoms with Crippen molar-refractivity contribution in [2.45, 2.75) is 13.0 Å². The number of carboxylic acids is 1. The van der Waals surface area contributed by atoms with Gasteiger partial charge in [-0.05, 0) is 36.2 Å². The minimum Gasteiger partial charge on any atom is -0.480 e. The van der Waals surface area contributed by atoms with Crippen molar-refractivity contribution >= 4 is 23.3 Å². The molecule has 1 aliphatic heterocycles. The van der Waals surface area contributed by atoms with Gasteiger partial charge in [0, 0.05) is 56.8 Å². The molecule has 1 fully saturated rings. The van der Waals surface area contributed by atoms with Crippen molar-refractivity contribution in [3.8, 4) is 11.1 Å². The number of benzene rings is 1. The molecule has 188 valence electrons. The van der Waals surface area contributed by atoms with Crippen LogP contribution in [0.2, 0.25) is 0 Å². The summed E-state index contributed by atoms with van der Waals surface area (Å²) in [6, 6.07) is 12.2. The summed E-state index contributed by atoms with van der Waals surface area (Å²) < 4.78 is 12.3. The van der Waals surface area contributed by atoms with E-state index in [9.17, 15) is 4.79 Å². The van der Waals surface area contributed by atoms with E-state index in [1.165, 1.54) is 5.69 Å². The number of anilines is 2. The average molecular weight is 492 g/mol. The van der Waals surface area contributed by atoms with Gasteiger partial charge in [0.1, 0.15) is 18.7 Å². The molecule has 11 heteroatoms. The third kappa shape index (κ3) is 5.64. The molecule has 0 spiro atoms. The van der Waals surface area contributed by atoms with Crippen LogP contribution in [0.15, 0.2) is 59.6 Å². The Kier molecular flexibility index (Phi) is 7.39. The van der Waals surface area contributed by atoms with Crippen molar-refractivity contribution in [2.75, 3.05) is 56.2 Å². The smallest absolute Gasteiger partial charge is 0.329 e. The number of carbonyl (C=O) groups is 1. The maximum absolute atomic E-state index is 10.5. The lowest BCUT2D eigenvalue weighted by Crippen LogP contribution is -2.46. The number of hydrogen-bond acceptors (Lipinski definition) is 9. The number of nitrogens with one attached hydrogen (secondary N) is 1. The van der Waals surface area contributed by atoms with Gasteiger partial charge in [0.25, 0.3) is 0 Å². The molecule has 1 aromatic carbocycles. The number of hydrogen-bond donors (Lipinski definition) is 2. The largest absolute Gasteiger partial charge is 0.480 e. The molecule has 0 aliphatic carbocycles. The van der Waals surface area contributed by atoms with E-state index < -0.39 is 5.97 Å². The first-order chi connectivity index (χ1) is 17.7. The van der Waals surface area contributed by atoms with Crippen LogP contribution >= 0.6 is 0 Å². The maximum Gasteiger partial charge on any atom is 0.329 e. The molecule has 36 heavy (non-hydrogen) atoms. The highest BCUT2D eigenvalue weighted by Gasteiger charge is 2.18. The van der Waals surface area contributed by atoms with Crippen LogP contribution in [0.1, 0.15) is 12.2 Å². The Morgan fingerprint density at radius 3 is 2.72 bits per heavy atom. The second-order valence-corrected chi connectivity index (χ2v) is 8.63. The number of ether oxygens (including phenoxy) is 1. The van der Waals surface area contributed by atoms with E-state index in [1.54, 1.807) is 12.6 Å². The van der Waals surface area contributed by atoms with Crippen LogP contribution in [0.3, 0.4) is 0 Å². The summed E-state index contributed by atoms with van der Waals surface area (Å²) in [5.74, 6) is 0.549. The fourth-order valence-corrected chi connectivity index (χ4v) is 4.36. The summed E-state index contributed by atoms with van der Waals surface area (Å²) in [5, 5.41) is 20.3. The third-order valence-corrected chi connectivity index (χ3v) is 6.24. The Labute approximate surface area is 208 Å². The fraction of sp³-hybridized carbons (Fsp3) is 0.360. The highest BCUT2D eigenvalue weighted by Crippen LogP contribution is 2.27. The zero-order chi connectivity index (χ0) is 24.7. The molecule has 0 atom stereocenters. The van der Waals surface area contributed by atoms with Crippen molar-refractivity contribution in [3.05, 3.63) is 60.9 Å². The molecule has 0 saturated carbocycles.